The fourth-order valence-electron chi connectivity index (χ4n) is 3.02. The predicted octanol–water partition coefficient (Wildman–Crippen LogP) is 2.03. The first kappa shape index (κ1) is 10.4. The average Bonchev–Trinajstić information content (AvgIpc) is 2.16. The summed E-state index contributed by atoms with van der Waals surface area (Å²) in [5.74, 6) is 0.931. The van der Waals surface area contributed by atoms with Gasteiger partial charge in [0, 0.05) is 18.1 Å². The standard InChI is InChI=1S/C12H24N2/c1-2-9-5-3-4-6-12(9)14-11-7-10(13)8-11/h9-12,14H,2-8,13H2,1H3. The molecule has 2 aliphatic rings. The van der Waals surface area contributed by atoms with Crippen LogP contribution in [0.5, 0.6) is 0 Å². The van der Waals surface area contributed by atoms with Gasteiger partial charge in [0.2, 0.25) is 0 Å². The summed E-state index contributed by atoms with van der Waals surface area (Å²) in [5.41, 5.74) is 5.80. The van der Waals surface area contributed by atoms with Gasteiger partial charge in [0.1, 0.15) is 0 Å². The lowest BCUT2D eigenvalue weighted by atomic mass is 9.80. The molecule has 2 saturated carbocycles. The van der Waals surface area contributed by atoms with Crippen LogP contribution in [0.25, 0.3) is 0 Å². The molecule has 0 saturated heterocycles. The van der Waals surface area contributed by atoms with Gasteiger partial charge in [-0.25, -0.2) is 0 Å². The van der Waals surface area contributed by atoms with Gasteiger partial charge in [-0.1, -0.05) is 26.2 Å². The lowest BCUT2D eigenvalue weighted by molar-refractivity contribution is 0.190. The second kappa shape index (κ2) is 4.63. The van der Waals surface area contributed by atoms with E-state index in [1.807, 2.05) is 0 Å². The molecule has 0 radical (unpaired) electrons. The first-order valence-electron chi connectivity index (χ1n) is 6.31. The predicted molar refractivity (Wildman–Crippen MR) is 60.2 cm³/mol. The van der Waals surface area contributed by atoms with Crippen LogP contribution in [0.1, 0.15) is 51.9 Å². The van der Waals surface area contributed by atoms with Crippen LogP contribution in [0.4, 0.5) is 0 Å². The highest BCUT2D eigenvalue weighted by molar-refractivity contribution is 4.92. The van der Waals surface area contributed by atoms with E-state index in [1.165, 1.54) is 44.9 Å². The van der Waals surface area contributed by atoms with Crippen LogP contribution in [-0.4, -0.2) is 18.1 Å². The molecule has 2 unspecified atom stereocenters. The molecule has 2 nitrogen and oxygen atoms in total. The molecule has 0 aromatic carbocycles. The molecule has 2 aliphatic carbocycles. The molecule has 0 spiro atoms. The first-order chi connectivity index (χ1) is 6.79. The fraction of sp³-hybridized carbons (Fsp3) is 1.00. The molecule has 3 N–H and O–H groups in total. The molecule has 2 heteroatoms. The Morgan fingerprint density at radius 2 is 1.93 bits per heavy atom. The van der Waals surface area contributed by atoms with E-state index < -0.39 is 0 Å². The van der Waals surface area contributed by atoms with E-state index in [9.17, 15) is 0 Å². The first-order valence-corrected chi connectivity index (χ1v) is 6.31. The van der Waals surface area contributed by atoms with Crippen LogP contribution in [0.15, 0.2) is 0 Å². The molecule has 2 atom stereocenters. The highest BCUT2D eigenvalue weighted by Gasteiger charge is 2.31. The zero-order valence-corrected chi connectivity index (χ0v) is 9.34. The number of rotatable bonds is 3. The molecular formula is C12H24N2. The topological polar surface area (TPSA) is 38.0 Å². The van der Waals surface area contributed by atoms with Gasteiger partial charge in [0.15, 0.2) is 0 Å². The Bertz CT molecular complexity index is 175. The summed E-state index contributed by atoms with van der Waals surface area (Å²) in [6, 6.07) is 2.02. The summed E-state index contributed by atoms with van der Waals surface area (Å²) in [5, 5.41) is 3.81. The Labute approximate surface area is 87.6 Å². The van der Waals surface area contributed by atoms with Gasteiger partial charge < -0.3 is 11.1 Å². The third kappa shape index (κ3) is 2.29. The van der Waals surface area contributed by atoms with Crippen molar-refractivity contribution in [2.45, 2.75) is 70.0 Å². The minimum absolute atomic E-state index is 0.483. The minimum atomic E-state index is 0.483. The van der Waals surface area contributed by atoms with Crippen LogP contribution in [0, 0.1) is 5.92 Å². The molecule has 0 heterocycles. The van der Waals surface area contributed by atoms with Crippen LogP contribution in [-0.2, 0) is 0 Å². The Morgan fingerprint density at radius 3 is 2.57 bits per heavy atom. The quantitative estimate of drug-likeness (QED) is 0.725. The number of hydrogen-bond acceptors (Lipinski definition) is 2. The molecule has 0 aromatic rings. The SMILES string of the molecule is CCC1CCCCC1NC1CC(N)C1. The Morgan fingerprint density at radius 1 is 1.21 bits per heavy atom. The van der Waals surface area contributed by atoms with Gasteiger partial charge in [-0.05, 0) is 31.6 Å². The van der Waals surface area contributed by atoms with Gasteiger partial charge >= 0.3 is 0 Å². The molecule has 2 rings (SSSR count). The zero-order chi connectivity index (χ0) is 9.97. The van der Waals surface area contributed by atoms with E-state index in [0.29, 0.717) is 6.04 Å². The van der Waals surface area contributed by atoms with Gasteiger partial charge in [-0.3, -0.25) is 0 Å². The summed E-state index contributed by atoms with van der Waals surface area (Å²) in [6.45, 7) is 2.33. The highest BCUT2D eigenvalue weighted by atomic mass is 15.0. The maximum Gasteiger partial charge on any atom is 0.00992 e. The lowest BCUT2D eigenvalue weighted by Crippen LogP contribution is -2.53. The highest BCUT2D eigenvalue weighted by Crippen LogP contribution is 2.29. The van der Waals surface area contributed by atoms with E-state index in [1.54, 1.807) is 0 Å². The van der Waals surface area contributed by atoms with E-state index >= 15 is 0 Å². The van der Waals surface area contributed by atoms with Crippen molar-refractivity contribution in [1.29, 1.82) is 0 Å². The molecule has 14 heavy (non-hydrogen) atoms. The summed E-state index contributed by atoms with van der Waals surface area (Å²) >= 11 is 0. The van der Waals surface area contributed by atoms with Crippen LogP contribution < -0.4 is 11.1 Å². The summed E-state index contributed by atoms with van der Waals surface area (Å²) in [4.78, 5) is 0. The van der Waals surface area contributed by atoms with Crippen molar-refractivity contribution in [2.75, 3.05) is 0 Å². The number of hydrogen-bond donors (Lipinski definition) is 2. The number of nitrogens with two attached hydrogens (primary N) is 1. The largest absolute Gasteiger partial charge is 0.328 e. The summed E-state index contributed by atoms with van der Waals surface area (Å²) < 4.78 is 0. The molecule has 0 aromatic heterocycles. The van der Waals surface area contributed by atoms with Crippen molar-refractivity contribution in [3.05, 3.63) is 0 Å². The third-order valence-corrected chi connectivity index (χ3v) is 4.06. The second-order valence-electron chi connectivity index (χ2n) is 5.15. The monoisotopic (exact) mass is 196 g/mol. The average molecular weight is 196 g/mol. The smallest absolute Gasteiger partial charge is 0.00992 e. The molecule has 82 valence electrons. The molecule has 2 fully saturated rings. The Hall–Kier alpha value is -0.0800. The second-order valence-corrected chi connectivity index (χ2v) is 5.15. The van der Waals surface area contributed by atoms with E-state index in [-0.39, 0.29) is 0 Å². The summed E-state index contributed by atoms with van der Waals surface area (Å²) in [6.07, 6.45) is 9.45. The van der Waals surface area contributed by atoms with Crippen molar-refractivity contribution >= 4 is 0 Å². The molecular weight excluding hydrogens is 172 g/mol. The summed E-state index contributed by atoms with van der Waals surface area (Å²) in [7, 11) is 0. The van der Waals surface area contributed by atoms with E-state index in [0.717, 1.165) is 18.0 Å². The third-order valence-electron chi connectivity index (χ3n) is 4.06. The van der Waals surface area contributed by atoms with Crippen molar-refractivity contribution in [1.82, 2.24) is 5.32 Å². The Balaban J connectivity index is 1.77. The van der Waals surface area contributed by atoms with E-state index in [2.05, 4.69) is 12.2 Å². The maximum atomic E-state index is 5.80. The normalized spacial score (nSPS) is 43.3. The molecule has 0 amide bonds. The van der Waals surface area contributed by atoms with Crippen molar-refractivity contribution in [3.63, 3.8) is 0 Å². The number of nitrogens with one attached hydrogen (secondary N) is 1. The molecule has 0 aliphatic heterocycles. The van der Waals surface area contributed by atoms with Gasteiger partial charge in [-0.2, -0.15) is 0 Å². The van der Waals surface area contributed by atoms with Crippen LogP contribution in [0.2, 0.25) is 0 Å². The lowest BCUT2D eigenvalue weighted by Gasteiger charge is -2.40. The van der Waals surface area contributed by atoms with Crippen LogP contribution in [0.3, 0.4) is 0 Å². The van der Waals surface area contributed by atoms with Crippen molar-refractivity contribution < 1.29 is 0 Å². The Kier molecular flexibility index (Phi) is 3.45. The van der Waals surface area contributed by atoms with Gasteiger partial charge in [0.05, 0.1) is 0 Å². The zero-order valence-electron chi connectivity index (χ0n) is 9.34. The van der Waals surface area contributed by atoms with Crippen molar-refractivity contribution in [3.8, 4) is 0 Å². The van der Waals surface area contributed by atoms with E-state index in [4.69, 9.17) is 5.73 Å². The van der Waals surface area contributed by atoms with Crippen LogP contribution >= 0.6 is 0 Å². The molecule has 0 bridgehead atoms. The fourth-order valence-corrected chi connectivity index (χ4v) is 3.02. The maximum absolute atomic E-state index is 5.80. The van der Waals surface area contributed by atoms with Gasteiger partial charge in [-0.15, -0.1) is 0 Å². The minimum Gasteiger partial charge on any atom is -0.328 e. The van der Waals surface area contributed by atoms with Gasteiger partial charge in [0.25, 0.3) is 0 Å². The van der Waals surface area contributed by atoms with Crippen molar-refractivity contribution in [2.24, 2.45) is 11.7 Å².